The molecule has 2 aromatic rings. The number of anilines is 1. The zero-order valence-electron chi connectivity index (χ0n) is 8.47. The van der Waals surface area contributed by atoms with Gasteiger partial charge in [-0.3, -0.25) is 4.79 Å². The lowest BCUT2D eigenvalue weighted by Crippen LogP contribution is -2.06. The third-order valence-electron chi connectivity index (χ3n) is 1.47. The minimum absolute atomic E-state index is 0.0984. The van der Waals surface area contributed by atoms with Gasteiger partial charge in [-0.25, -0.2) is 4.98 Å². The first-order valence-corrected chi connectivity index (χ1v) is 4.55. The van der Waals surface area contributed by atoms with Crippen LogP contribution in [0.5, 0.6) is 0 Å². The number of carbonyl (C=O) groups excluding carboxylic acids is 1. The standard InChI is InChI=1S/C7H8N2O.C4H5N/c1-6(10)9-7-4-2-3-5-8-7;1-2-4-5-3-1/h2-5H,1H3,(H,8,9,10);1-5H. The van der Waals surface area contributed by atoms with E-state index in [1.165, 1.54) is 6.92 Å². The van der Waals surface area contributed by atoms with Crippen LogP contribution in [0.3, 0.4) is 0 Å². The zero-order valence-corrected chi connectivity index (χ0v) is 8.47. The van der Waals surface area contributed by atoms with Gasteiger partial charge in [0.05, 0.1) is 0 Å². The molecule has 0 atom stereocenters. The summed E-state index contributed by atoms with van der Waals surface area (Å²) in [6.07, 6.45) is 5.38. The number of aromatic nitrogens is 2. The number of pyridine rings is 1. The van der Waals surface area contributed by atoms with Crippen molar-refractivity contribution in [1.29, 1.82) is 0 Å². The van der Waals surface area contributed by atoms with Crippen LogP contribution in [-0.2, 0) is 4.79 Å². The summed E-state index contributed by atoms with van der Waals surface area (Å²) in [6, 6.07) is 9.24. The van der Waals surface area contributed by atoms with Crippen LogP contribution >= 0.6 is 0 Å². The molecule has 15 heavy (non-hydrogen) atoms. The van der Waals surface area contributed by atoms with Crippen molar-refractivity contribution >= 4 is 11.7 Å². The number of carbonyl (C=O) groups is 1. The molecule has 0 spiro atoms. The average molecular weight is 203 g/mol. The van der Waals surface area contributed by atoms with Crippen molar-refractivity contribution in [1.82, 2.24) is 9.97 Å². The number of amides is 1. The summed E-state index contributed by atoms with van der Waals surface area (Å²) in [4.78, 5) is 17.2. The molecule has 78 valence electrons. The Hall–Kier alpha value is -2.10. The smallest absolute Gasteiger partial charge is 0.222 e. The third-order valence-corrected chi connectivity index (χ3v) is 1.47. The SMILES string of the molecule is CC(=O)Nc1ccccn1.c1cc[nH]c1. The highest BCUT2D eigenvalue weighted by atomic mass is 16.1. The summed E-state index contributed by atoms with van der Waals surface area (Å²) >= 11 is 0. The predicted molar refractivity (Wildman–Crippen MR) is 59.3 cm³/mol. The number of rotatable bonds is 1. The van der Waals surface area contributed by atoms with Crippen LogP contribution in [0.15, 0.2) is 48.9 Å². The summed E-state index contributed by atoms with van der Waals surface area (Å²) in [5.74, 6) is 0.494. The minimum atomic E-state index is -0.0984. The molecule has 2 rings (SSSR count). The van der Waals surface area contributed by atoms with Gasteiger partial charge >= 0.3 is 0 Å². The summed E-state index contributed by atoms with van der Waals surface area (Å²) in [5.41, 5.74) is 0. The van der Waals surface area contributed by atoms with E-state index in [1.807, 2.05) is 30.6 Å². The molecule has 2 aromatic heterocycles. The molecule has 0 fully saturated rings. The molecule has 1 amide bonds. The molecule has 2 heterocycles. The maximum absolute atomic E-state index is 10.5. The maximum atomic E-state index is 10.5. The van der Waals surface area contributed by atoms with Crippen LogP contribution in [-0.4, -0.2) is 15.9 Å². The average Bonchev–Trinajstić information content (AvgIpc) is 2.76. The lowest BCUT2D eigenvalue weighted by molar-refractivity contribution is -0.114. The lowest BCUT2D eigenvalue weighted by Gasteiger charge is -1.96. The number of H-pyrrole nitrogens is 1. The molecule has 4 nitrogen and oxygen atoms in total. The van der Waals surface area contributed by atoms with E-state index in [0.29, 0.717) is 5.82 Å². The van der Waals surface area contributed by atoms with Crippen LogP contribution in [0.4, 0.5) is 5.82 Å². The van der Waals surface area contributed by atoms with E-state index in [0.717, 1.165) is 0 Å². The number of nitrogens with one attached hydrogen (secondary N) is 2. The van der Waals surface area contributed by atoms with Crippen molar-refractivity contribution in [3.63, 3.8) is 0 Å². The van der Waals surface area contributed by atoms with Crippen LogP contribution in [0.1, 0.15) is 6.92 Å². The van der Waals surface area contributed by atoms with Gasteiger partial charge in [0.2, 0.25) is 5.91 Å². The van der Waals surface area contributed by atoms with Crippen molar-refractivity contribution in [3.05, 3.63) is 48.9 Å². The molecule has 0 radical (unpaired) electrons. The van der Waals surface area contributed by atoms with Crippen molar-refractivity contribution in [2.45, 2.75) is 6.92 Å². The van der Waals surface area contributed by atoms with Gasteiger partial charge in [-0.15, -0.1) is 0 Å². The second-order valence-electron chi connectivity index (χ2n) is 2.78. The summed E-state index contributed by atoms with van der Waals surface area (Å²) < 4.78 is 0. The highest BCUT2D eigenvalue weighted by Gasteiger charge is 1.91. The van der Waals surface area contributed by atoms with Gasteiger partial charge in [-0.1, -0.05) is 6.07 Å². The molecular weight excluding hydrogens is 190 g/mol. The van der Waals surface area contributed by atoms with E-state index in [9.17, 15) is 4.79 Å². The van der Waals surface area contributed by atoms with Crippen LogP contribution in [0, 0.1) is 0 Å². The number of nitrogens with zero attached hydrogens (tertiary/aromatic N) is 1. The first kappa shape index (κ1) is 11.0. The number of aromatic amines is 1. The maximum Gasteiger partial charge on any atom is 0.222 e. The van der Waals surface area contributed by atoms with E-state index in [1.54, 1.807) is 18.3 Å². The van der Waals surface area contributed by atoms with Crippen LogP contribution in [0.2, 0.25) is 0 Å². The summed E-state index contributed by atoms with van der Waals surface area (Å²) in [6.45, 7) is 1.45. The van der Waals surface area contributed by atoms with Crippen molar-refractivity contribution in [2.24, 2.45) is 0 Å². The van der Waals surface area contributed by atoms with Gasteiger partial charge in [-0.05, 0) is 24.3 Å². The first-order valence-electron chi connectivity index (χ1n) is 4.55. The topological polar surface area (TPSA) is 57.8 Å². The van der Waals surface area contributed by atoms with Gasteiger partial charge in [0.15, 0.2) is 0 Å². The van der Waals surface area contributed by atoms with Crippen LogP contribution < -0.4 is 5.32 Å². The molecular formula is C11H13N3O. The van der Waals surface area contributed by atoms with Gasteiger partial charge < -0.3 is 10.3 Å². The largest absolute Gasteiger partial charge is 0.368 e. The predicted octanol–water partition coefficient (Wildman–Crippen LogP) is 2.05. The van der Waals surface area contributed by atoms with Gasteiger partial charge in [0.25, 0.3) is 0 Å². The fraction of sp³-hybridized carbons (Fsp3) is 0.0909. The third kappa shape index (κ3) is 5.25. The molecule has 0 unspecified atom stereocenters. The van der Waals surface area contributed by atoms with E-state index in [-0.39, 0.29) is 5.91 Å². The zero-order chi connectivity index (χ0) is 10.9. The van der Waals surface area contributed by atoms with E-state index in [2.05, 4.69) is 15.3 Å². The lowest BCUT2D eigenvalue weighted by atomic mass is 10.4. The molecule has 2 N–H and O–H groups in total. The highest BCUT2D eigenvalue weighted by Crippen LogP contribution is 1.97. The fourth-order valence-corrected chi connectivity index (χ4v) is 0.895. The van der Waals surface area contributed by atoms with Crippen molar-refractivity contribution < 1.29 is 4.79 Å². The Morgan fingerprint density at radius 1 is 1.27 bits per heavy atom. The Bertz CT molecular complexity index is 353. The normalized spacial score (nSPS) is 8.60. The molecule has 0 saturated heterocycles. The molecule has 0 aliphatic rings. The quantitative estimate of drug-likeness (QED) is 0.745. The Morgan fingerprint density at radius 3 is 2.40 bits per heavy atom. The highest BCUT2D eigenvalue weighted by molar-refractivity contribution is 5.87. The Labute approximate surface area is 88.4 Å². The van der Waals surface area contributed by atoms with Gasteiger partial charge in [0, 0.05) is 25.5 Å². The monoisotopic (exact) mass is 203 g/mol. The molecule has 0 aliphatic carbocycles. The van der Waals surface area contributed by atoms with E-state index < -0.39 is 0 Å². The van der Waals surface area contributed by atoms with Crippen molar-refractivity contribution in [3.8, 4) is 0 Å². The molecule has 4 heteroatoms. The minimum Gasteiger partial charge on any atom is -0.368 e. The number of hydrogen-bond donors (Lipinski definition) is 2. The Kier molecular flexibility index (Phi) is 4.66. The summed E-state index contributed by atoms with van der Waals surface area (Å²) in [5, 5.41) is 2.55. The first-order chi connectivity index (χ1) is 7.29. The van der Waals surface area contributed by atoms with Crippen molar-refractivity contribution in [2.75, 3.05) is 5.32 Å². The molecule has 0 aliphatic heterocycles. The van der Waals surface area contributed by atoms with E-state index in [4.69, 9.17) is 0 Å². The van der Waals surface area contributed by atoms with Gasteiger partial charge in [0.1, 0.15) is 5.82 Å². The fourth-order valence-electron chi connectivity index (χ4n) is 0.895. The Morgan fingerprint density at radius 2 is 2.00 bits per heavy atom. The van der Waals surface area contributed by atoms with Gasteiger partial charge in [-0.2, -0.15) is 0 Å². The molecule has 0 saturated carbocycles. The van der Waals surface area contributed by atoms with E-state index >= 15 is 0 Å². The number of hydrogen-bond acceptors (Lipinski definition) is 2. The Balaban J connectivity index is 0.000000187. The summed E-state index contributed by atoms with van der Waals surface area (Å²) in [7, 11) is 0. The van der Waals surface area contributed by atoms with Crippen LogP contribution in [0.25, 0.3) is 0 Å². The molecule has 0 aromatic carbocycles. The molecule has 0 bridgehead atoms. The second kappa shape index (κ2) is 6.37. The second-order valence-corrected chi connectivity index (χ2v) is 2.78.